The SMILES string of the molecule is [Se]=P(c1ccccc1)(c1ccccc1)c1ccc(-c2c3cccnc3cc3c2ccc2ccccc23)cc1. The normalized spacial score (nSPS) is 11.8. The Kier molecular flexibility index (Phi) is 5.83. The molecule has 7 aromatic rings. The third-order valence-corrected chi connectivity index (χ3v) is 14.4. The van der Waals surface area contributed by atoms with E-state index in [1.807, 2.05) is 12.3 Å². The number of nitrogens with zero attached hydrogens (tertiary/aromatic N) is 1. The molecule has 1 nitrogen and oxygen atoms in total. The molecule has 0 saturated heterocycles. The first-order chi connectivity index (χ1) is 18.7. The molecule has 7 rings (SSSR count). The maximum atomic E-state index is 4.76. The molecule has 0 aliphatic carbocycles. The molecule has 6 aromatic carbocycles. The van der Waals surface area contributed by atoms with Crippen LogP contribution in [0.15, 0.2) is 146 Å². The van der Waals surface area contributed by atoms with Crippen molar-refractivity contribution in [2.75, 3.05) is 0 Å². The van der Waals surface area contributed by atoms with Crippen molar-refractivity contribution in [3.8, 4) is 11.1 Å². The van der Waals surface area contributed by atoms with Gasteiger partial charge in [0, 0.05) is 0 Å². The average molecular weight is 569 g/mol. The van der Waals surface area contributed by atoms with Gasteiger partial charge in [-0.3, -0.25) is 0 Å². The third kappa shape index (κ3) is 3.77. The van der Waals surface area contributed by atoms with E-state index in [2.05, 4.69) is 149 Å². The number of pyridine rings is 1. The summed E-state index contributed by atoms with van der Waals surface area (Å²) in [6, 6.07) is 50.6. The Morgan fingerprint density at radius 3 is 1.79 bits per heavy atom. The minimum atomic E-state index is -1.90. The van der Waals surface area contributed by atoms with E-state index >= 15 is 0 Å². The molecule has 0 fully saturated rings. The number of fused-ring (bicyclic) bond motifs is 4. The standard InChI is InChI=1S/C35H24NPSe/c38-37(27-11-3-1-4-12-27,28-13-5-2-6-14-28)29-20-17-26(18-21-29)35-31-22-19-25-10-7-8-15-30(25)33(31)24-34-32(35)16-9-23-36-34/h1-24H. The zero-order chi connectivity index (χ0) is 25.5. The fourth-order valence-corrected chi connectivity index (χ4v) is 10.5. The van der Waals surface area contributed by atoms with Crippen molar-refractivity contribution in [3.05, 3.63) is 146 Å². The number of rotatable bonds is 4. The van der Waals surface area contributed by atoms with Gasteiger partial charge in [0.15, 0.2) is 0 Å². The Labute approximate surface area is 230 Å². The van der Waals surface area contributed by atoms with Crippen LogP contribution in [0.1, 0.15) is 0 Å². The summed E-state index contributed by atoms with van der Waals surface area (Å²) >= 11 is 3.68. The number of aromatic nitrogens is 1. The summed E-state index contributed by atoms with van der Waals surface area (Å²) in [5, 5.41) is 10.2. The monoisotopic (exact) mass is 569 g/mol. The van der Waals surface area contributed by atoms with E-state index < -0.39 is 5.51 Å². The molecule has 0 N–H and O–H groups in total. The molecule has 1 aromatic heterocycles. The molecular weight excluding hydrogens is 544 g/mol. The molecule has 0 aliphatic heterocycles. The Hall–Kier alpha value is -3.80. The van der Waals surface area contributed by atoms with Gasteiger partial charge in [-0.2, -0.15) is 0 Å². The van der Waals surface area contributed by atoms with Crippen molar-refractivity contribution >= 4 is 69.0 Å². The van der Waals surface area contributed by atoms with Crippen LogP contribution in [0, 0.1) is 0 Å². The van der Waals surface area contributed by atoms with Crippen LogP contribution in [-0.2, 0) is 0 Å². The molecule has 0 aliphatic rings. The van der Waals surface area contributed by atoms with Crippen molar-refractivity contribution in [1.29, 1.82) is 0 Å². The molecule has 180 valence electrons. The van der Waals surface area contributed by atoms with Gasteiger partial charge in [-0.1, -0.05) is 0 Å². The van der Waals surface area contributed by atoms with Gasteiger partial charge in [0.1, 0.15) is 0 Å². The quantitative estimate of drug-likeness (QED) is 0.0923. The van der Waals surface area contributed by atoms with Crippen LogP contribution in [-0.4, -0.2) is 20.1 Å². The summed E-state index contributed by atoms with van der Waals surface area (Å²) < 4.78 is 0. The van der Waals surface area contributed by atoms with Gasteiger partial charge in [0.05, 0.1) is 0 Å². The van der Waals surface area contributed by atoms with Crippen LogP contribution in [0.4, 0.5) is 0 Å². The van der Waals surface area contributed by atoms with E-state index in [0.717, 1.165) is 5.52 Å². The second-order valence-electron chi connectivity index (χ2n) is 9.53. The van der Waals surface area contributed by atoms with Crippen molar-refractivity contribution in [2.45, 2.75) is 0 Å². The summed E-state index contributed by atoms with van der Waals surface area (Å²) in [4.78, 5) is 4.76. The van der Waals surface area contributed by atoms with E-state index in [-0.39, 0.29) is 0 Å². The topological polar surface area (TPSA) is 12.9 Å². The van der Waals surface area contributed by atoms with Gasteiger partial charge in [-0.15, -0.1) is 0 Å². The van der Waals surface area contributed by atoms with Crippen molar-refractivity contribution in [1.82, 2.24) is 4.98 Å². The van der Waals surface area contributed by atoms with E-state index in [9.17, 15) is 0 Å². The molecule has 1 heterocycles. The summed E-state index contributed by atoms with van der Waals surface area (Å²) in [5.41, 5.74) is 1.57. The van der Waals surface area contributed by atoms with Crippen LogP contribution in [0.2, 0.25) is 0 Å². The summed E-state index contributed by atoms with van der Waals surface area (Å²) in [7, 11) is 0. The summed E-state index contributed by atoms with van der Waals surface area (Å²) in [6.45, 7) is 0. The Morgan fingerprint density at radius 2 is 1.08 bits per heavy atom. The zero-order valence-electron chi connectivity index (χ0n) is 20.7. The third-order valence-electron chi connectivity index (χ3n) is 7.39. The number of benzene rings is 6. The molecule has 0 atom stereocenters. The van der Waals surface area contributed by atoms with Crippen LogP contribution in [0.25, 0.3) is 43.6 Å². The van der Waals surface area contributed by atoms with E-state index in [0.29, 0.717) is 0 Å². The second kappa shape index (κ2) is 9.50. The van der Waals surface area contributed by atoms with Crippen molar-refractivity contribution in [3.63, 3.8) is 0 Å². The zero-order valence-corrected chi connectivity index (χ0v) is 23.3. The fraction of sp³-hybridized carbons (Fsp3) is 0. The van der Waals surface area contributed by atoms with Crippen molar-refractivity contribution < 1.29 is 0 Å². The molecule has 0 unspecified atom stereocenters. The molecule has 0 radical (unpaired) electrons. The van der Waals surface area contributed by atoms with Gasteiger partial charge in [-0.05, 0) is 0 Å². The van der Waals surface area contributed by atoms with Crippen LogP contribution < -0.4 is 15.9 Å². The van der Waals surface area contributed by atoms with E-state index in [4.69, 9.17) is 4.98 Å². The maximum absolute atomic E-state index is 4.76. The molecule has 38 heavy (non-hydrogen) atoms. The first-order valence-electron chi connectivity index (χ1n) is 12.7. The van der Waals surface area contributed by atoms with Gasteiger partial charge in [-0.25, -0.2) is 0 Å². The van der Waals surface area contributed by atoms with Gasteiger partial charge < -0.3 is 0 Å². The van der Waals surface area contributed by atoms with Crippen LogP contribution >= 0.6 is 5.51 Å². The van der Waals surface area contributed by atoms with Gasteiger partial charge >= 0.3 is 231 Å². The molecule has 0 spiro atoms. The minimum absolute atomic E-state index is 1.02. The Bertz CT molecular complexity index is 1940. The van der Waals surface area contributed by atoms with Crippen molar-refractivity contribution in [2.24, 2.45) is 0 Å². The fourth-order valence-electron chi connectivity index (χ4n) is 5.57. The molecule has 0 saturated carbocycles. The first-order valence-corrected chi connectivity index (χ1v) is 16.8. The summed E-state index contributed by atoms with van der Waals surface area (Å²) in [5.74, 6) is 0. The second-order valence-corrected chi connectivity index (χ2v) is 15.7. The molecule has 3 heteroatoms. The molecular formula is C35H24NPSe. The Morgan fingerprint density at radius 1 is 0.474 bits per heavy atom. The van der Waals surface area contributed by atoms with E-state index in [1.165, 1.54) is 54.0 Å². The predicted octanol–water partition coefficient (Wildman–Crippen LogP) is 7.59. The summed E-state index contributed by atoms with van der Waals surface area (Å²) in [6.07, 6.45) is 1.89. The van der Waals surface area contributed by atoms with Crippen LogP contribution in [0.3, 0.4) is 0 Å². The predicted molar refractivity (Wildman–Crippen MR) is 167 cm³/mol. The molecule has 0 bridgehead atoms. The Balaban J connectivity index is 1.47. The van der Waals surface area contributed by atoms with Gasteiger partial charge in [0.2, 0.25) is 0 Å². The number of hydrogen-bond acceptors (Lipinski definition) is 1. The number of hydrogen-bond donors (Lipinski definition) is 0. The van der Waals surface area contributed by atoms with Crippen LogP contribution in [0.5, 0.6) is 0 Å². The molecule has 0 amide bonds. The van der Waals surface area contributed by atoms with Gasteiger partial charge in [0.25, 0.3) is 0 Å². The first kappa shape index (κ1) is 23.3. The van der Waals surface area contributed by atoms with E-state index in [1.54, 1.807) is 0 Å². The average Bonchev–Trinajstić information content (AvgIpc) is 3.00.